The minimum absolute atomic E-state index is 0.117. The summed E-state index contributed by atoms with van der Waals surface area (Å²) in [7, 11) is 0. The van der Waals surface area contributed by atoms with Crippen LogP contribution in [0.5, 0.6) is 5.75 Å². The van der Waals surface area contributed by atoms with Gasteiger partial charge in [-0.2, -0.15) is 11.3 Å². The Labute approximate surface area is 111 Å². The van der Waals surface area contributed by atoms with Crippen molar-refractivity contribution in [1.29, 1.82) is 0 Å². The second-order valence-electron chi connectivity index (χ2n) is 3.98. The third-order valence-electron chi connectivity index (χ3n) is 2.75. The molecule has 0 amide bonds. The standard InChI is InChI=1S/C14H17NO2S/c15-9-14(12-6-8-18-10-12)17-13-4-2-1-3-11(13)5-7-16/h1-4,6,8,10,14,16H,5,7,9,15H2. The Balaban J connectivity index is 2.17. The van der Waals surface area contributed by atoms with E-state index in [2.05, 4.69) is 0 Å². The quantitative estimate of drug-likeness (QED) is 0.841. The van der Waals surface area contributed by atoms with Crippen LogP contribution in [-0.2, 0) is 6.42 Å². The zero-order chi connectivity index (χ0) is 12.8. The Morgan fingerprint density at radius 2 is 2.11 bits per heavy atom. The molecule has 0 fully saturated rings. The van der Waals surface area contributed by atoms with Crippen LogP contribution in [-0.4, -0.2) is 18.3 Å². The van der Waals surface area contributed by atoms with E-state index in [9.17, 15) is 0 Å². The van der Waals surface area contributed by atoms with Crippen LogP contribution in [0.15, 0.2) is 41.1 Å². The Morgan fingerprint density at radius 3 is 2.78 bits per heavy atom. The number of para-hydroxylation sites is 1. The zero-order valence-electron chi connectivity index (χ0n) is 10.1. The molecule has 4 heteroatoms. The highest BCUT2D eigenvalue weighted by Crippen LogP contribution is 2.26. The van der Waals surface area contributed by atoms with Gasteiger partial charge in [-0.15, -0.1) is 0 Å². The second kappa shape index (κ2) is 6.54. The van der Waals surface area contributed by atoms with E-state index in [4.69, 9.17) is 15.6 Å². The molecule has 0 saturated heterocycles. The third-order valence-corrected chi connectivity index (χ3v) is 3.45. The van der Waals surface area contributed by atoms with Gasteiger partial charge < -0.3 is 15.6 Å². The van der Waals surface area contributed by atoms with Crippen LogP contribution in [0, 0.1) is 0 Å². The molecule has 0 aliphatic rings. The average Bonchev–Trinajstić information content (AvgIpc) is 2.92. The van der Waals surface area contributed by atoms with Crippen LogP contribution in [0.1, 0.15) is 17.2 Å². The van der Waals surface area contributed by atoms with Crippen molar-refractivity contribution in [2.75, 3.05) is 13.2 Å². The van der Waals surface area contributed by atoms with Gasteiger partial charge in [-0.1, -0.05) is 18.2 Å². The molecule has 0 aliphatic carbocycles. The van der Waals surface area contributed by atoms with Gasteiger partial charge in [0.15, 0.2) is 0 Å². The highest BCUT2D eigenvalue weighted by molar-refractivity contribution is 7.07. The fourth-order valence-corrected chi connectivity index (χ4v) is 2.51. The minimum Gasteiger partial charge on any atom is -0.484 e. The van der Waals surface area contributed by atoms with E-state index >= 15 is 0 Å². The first kappa shape index (κ1) is 13.1. The predicted molar refractivity (Wildman–Crippen MR) is 74.0 cm³/mol. The summed E-state index contributed by atoms with van der Waals surface area (Å²) in [6.07, 6.45) is 0.466. The van der Waals surface area contributed by atoms with Crippen LogP contribution in [0.4, 0.5) is 0 Å². The molecule has 0 saturated carbocycles. The van der Waals surface area contributed by atoms with E-state index < -0.39 is 0 Å². The molecule has 0 bridgehead atoms. The van der Waals surface area contributed by atoms with Gasteiger partial charge in [-0.3, -0.25) is 0 Å². The summed E-state index contributed by atoms with van der Waals surface area (Å²) < 4.78 is 5.96. The van der Waals surface area contributed by atoms with Crippen molar-refractivity contribution >= 4 is 11.3 Å². The van der Waals surface area contributed by atoms with E-state index in [1.165, 1.54) is 0 Å². The summed E-state index contributed by atoms with van der Waals surface area (Å²) in [5, 5.41) is 13.1. The Bertz CT molecular complexity index is 470. The predicted octanol–water partition coefficient (Wildman–Crippen LogP) is 2.36. The van der Waals surface area contributed by atoms with E-state index in [-0.39, 0.29) is 12.7 Å². The van der Waals surface area contributed by atoms with Crippen molar-refractivity contribution in [2.24, 2.45) is 5.73 Å². The van der Waals surface area contributed by atoms with Gasteiger partial charge in [0.1, 0.15) is 11.9 Å². The second-order valence-corrected chi connectivity index (χ2v) is 4.76. The van der Waals surface area contributed by atoms with E-state index in [0.29, 0.717) is 13.0 Å². The molecule has 3 nitrogen and oxygen atoms in total. The van der Waals surface area contributed by atoms with Crippen molar-refractivity contribution in [2.45, 2.75) is 12.5 Å². The number of rotatable bonds is 6. The van der Waals surface area contributed by atoms with E-state index in [1.807, 2.05) is 41.1 Å². The fraction of sp³-hybridized carbons (Fsp3) is 0.286. The monoisotopic (exact) mass is 263 g/mol. The fourth-order valence-electron chi connectivity index (χ4n) is 1.81. The van der Waals surface area contributed by atoms with Gasteiger partial charge in [0, 0.05) is 18.7 Å². The van der Waals surface area contributed by atoms with Gasteiger partial charge >= 0.3 is 0 Å². The summed E-state index contributed by atoms with van der Waals surface area (Å²) in [6.45, 7) is 0.552. The molecule has 1 unspecified atom stereocenters. The molecule has 1 aromatic heterocycles. The maximum Gasteiger partial charge on any atom is 0.137 e. The molecule has 2 rings (SSSR count). The maximum atomic E-state index is 9.04. The lowest BCUT2D eigenvalue weighted by molar-refractivity contribution is 0.210. The molecule has 1 atom stereocenters. The number of hydrogen-bond donors (Lipinski definition) is 2. The molecule has 96 valence electrons. The molecule has 2 aromatic rings. The molecule has 1 heterocycles. The first-order valence-corrected chi connectivity index (χ1v) is 6.87. The van der Waals surface area contributed by atoms with Crippen LogP contribution in [0.25, 0.3) is 0 Å². The number of hydrogen-bond acceptors (Lipinski definition) is 4. The van der Waals surface area contributed by atoms with Gasteiger partial charge in [-0.25, -0.2) is 0 Å². The first-order chi connectivity index (χ1) is 8.85. The largest absolute Gasteiger partial charge is 0.484 e. The molecule has 0 radical (unpaired) electrons. The first-order valence-electron chi connectivity index (χ1n) is 5.92. The van der Waals surface area contributed by atoms with E-state index in [1.54, 1.807) is 11.3 Å². The highest BCUT2D eigenvalue weighted by atomic mass is 32.1. The Kier molecular flexibility index (Phi) is 4.75. The number of thiophene rings is 1. The van der Waals surface area contributed by atoms with Gasteiger partial charge in [0.2, 0.25) is 0 Å². The Hall–Kier alpha value is -1.36. The SMILES string of the molecule is NCC(Oc1ccccc1CCO)c1ccsc1. The van der Waals surface area contributed by atoms with Crippen molar-refractivity contribution in [3.05, 3.63) is 52.2 Å². The van der Waals surface area contributed by atoms with Gasteiger partial charge in [0.05, 0.1) is 0 Å². The zero-order valence-corrected chi connectivity index (χ0v) is 10.9. The lowest BCUT2D eigenvalue weighted by Crippen LogP contribution is -2.18. The average molecular weight is 263 g/mol. The van der Waals surface area contributed by atoms with Crippen molar-refractivity contribution in [3.8, 4) is 5.75 Å². The maximum absolute atomic E-state index is 9.04. The number of ether oxygens (including phenoxy) is 1. The summed E-state index contributed by atoms with van der Waals surface area (Å²) in [5.74, 6) is 0.799. The van der Waals surface area contributed by atoms with Gasteiger partial charge in [-0.05, 0) is 34.9 Å². The van der Waals surface area contributed by atoms with E-state index in [0.717, 1.165) is 16.9 Å². The summed E-state index contributed by atoms with van der Waals surface area (Å²) in [5.41, 5.74) is 7.87. The smallest absolute Gasteiger partial charge is 0.137 e. The number of aliphatic hydroxyl groups excluding tert-OH is 1. The van der Waals surface area contributed by atoms with Crippen LogP contribution < -0.4 is 10.5 Å². The minimum atomic E-state index is -0.129. The van der Waals surface area contributed by atoms with Crippen LogP contribution in [0.2, 0.25) is 0 Å². The summed E-state index contributed by atoms with van der Waals surface area (Å²) >= 11 is 1.63. The third kappa shape index (κ3) is 3.10. The summed E-state index contributed by atoms with van der Waals surface area (Å²) in [6, 6.07) is 9.78. The topological polar surface area (TPSA) is 55.5 Å². The number of nitrogens with two attached hydrogens (primary N) is 1. The number of benzene rings is 1. The van der Waals surface area contributed by atoms with Crippen molar-refractivity contribution in [3.63, 3.8) is 0 Å². The molecule has 1 aromatic carbocycles. The van der Waals surface area contributed by atoms with Crippen molar-refractivity contribution < 1.29 is 9.84 Å². The van der Waals surface area contributed by atoms with Crippen LogP contribution in [0.3, 0.4) is 0 Å². The highest BCUT2D eigenvalue weighted by Gasteiger charge is 2.13. The molecular formula is C14H17NO2S. The molecule has 0 spiro atoms. The van der Waals surface area contributed by atoms with Crippen molar-refractivity contribution in [1.82, 2.24) is 0 Å². The molecule has 0 aliphatic heterocycles. The van der Waals surface area contributed by atoms with Crippen LogP contribution >= 0.6 is 11.3 Å². The molecule has 18 heavy (non-hydrogen) atoms. The number of aliphatic hydroxyl groups is 1. The summed E-state index contributed by atoms with van der Waals surface area (Å²) in [4.78, 5) is 0. The normalized spacial score (nSPS) is 12.3. The Morgan fingerprint density at radius 1 is 1.28 bits per heavy atom. The lowest BCUT2D eigenvalue weighted by Gasteiger charge is -2.18. The molecule has 3 N–H and O–H groups in total. The lowest BCUT2D eigenvalue weighted by atomic mass is 10.1. The molecular weight excluding hydrogens is 246 g/mol. The van der Waals surface area contributed by atoms with Gasteiger partial charge in [0.25, 0.3) is 0 Å².